The monoisotopic (exact) mass is 534 g/mol. The Morgan fingerprint density at radius 1 is 1.03 bits per heavy atom. The SMILES string of the molecule is COc1ccc(Br)cc1CSc1nc2ccccc2nc1NC1CCN(Cc2ccccc2)C1. The summed E-state index contributed by atoms with van der Waals surface area (Å²) >= 11 is 5.27. The summed E-state index contributed by atoms with van der Waals surface area (Å²) in [6, 6.07) is 25.2. The Bertz CT molecular complexity index is 1270. The number of hydrogen-bond acceptors (Lipinski definition) is 6. The quantitative estimate of drug-likeness (QED) is 0.264. The van der Waals surface area contributed by atoms with E-state index in [-0.39, 0.29) is 0 Å². The highest BCUT2D eigenvalue weighted by molar-refractivity contribution is 9.10. The Hall–Kier alpha value is -2.61. The molecule has 0 radical (unpaired) electrons. The van der Waals surface area contributed by atoms with Gasteiger partial charge >= 0.3 is 0 Å². The highest BCUT2D eigenvalue weighted by Crippen LogP contribution is 2.34. The van der Waals surface area contributed by atoms with E-state index in [4.69, 9.17) is 14.7 Å². The molecule has 3 aromatic carbocycles. The standard InChI is InChI=1S/C27H27BrN4OS/c1-33-25-12-11-21(28)15-20(25)18-34-27-26(30-23-9-5-6-10-24(23)31-27)29-22-13-14-32(17-22)16-19-7-3-2-4-8-19/h2-12,15,22H,13-14,16-18H2,1H3,(H,29,30). The third-order valence-corrected chi connectivity index (χ3v) is 7.51. The molecule has 4 aromatic rings. The van der Waals surface area contributed by atoms with Gasteiger partial charge in [0, 0.05) is 41.5 Å². The van der Waals surface area contributed by atoms with Crippen LogP contribution in [0.5, 0.6) is 5.75 Å². The lowest BCUT2D eigenvalue weighted by Crippen LogP contribution is -2.26. The van der Waals surface area contributed by atoms with Crippen LogP contribution >= 0.6 is 27.7 Å². The van der Waals surface area contributed by atoms with Gasteiger partial charge in [0.1, 0.15) is 10.8 Å². The molecule has 1 saturated heterocycles. The van der Waals surface area contributed by atoms with E-state index in [1.54, 1.807) is 18.9 Å². The van der Waals surface area contributed by atoms with Crippen LogP contribution in [0.25, 0.3) is 11.0 Å². The zero-order valence-electron chi connectivity index (χ0n) is 19.1. The number of hydrogen-bond donors (Lipinski definition) is 1. The van der Waals surface area contributed by atoms with Gasteiger partial charge < -0.3 is 10.1 Å². The second kappa shape index (κ2) is 10.8. The number of anilines is 1. The van der Waals surface area contributed by atoms with E-state index in [1.807, 2.05) is 36.4 Å². The number of benzene rings is 3. The Kier molecular flexibility index (Phi) is 7.33. The normalized spacial score (nSPS) is 16.1. The van der Waals surface area contributed by atoms with Crippen LogP contribution in [0, 0.1) is 0 Å². The van der Waals surface area contributed by atoms with Crippen LogP contribution in [0.15, 0.2) is 82.3 Å². The molecule has 1 aromatic heterocycles. The first-order valence-electron chi connectivity index (χ1n) is 11.4. The molecule has 0 bridgehead atoms. The molecule has 1 N–H and O–H groups in total. The number of thioether (sulfide) groups is 1. The van der Waals surface area contributed by atoms with Crippen molar-refractivity contribution in [2.45, 2.75) is 29.8 Å². The maximum Gasteiger partial charge on any atom is 0.159 e. The summed E-state index contributed by atoms with van der Waals surface area (Å²) in [6.07, 6.45) is 1.09. The molecule has 174 valence electrons. The van der Waals surface area contributed by atoms with E-state index in [9.17, 15) is 0 Å². The molecule has 1 aliphatic rings. The summed E-state index contributed by atoms with van der Waals surface area (Å²) in [7, 11) is 1.71. The van der Waals surface area contributed by atoms with Crippen molar-refractivity contribution in [1.29, 1.82) is 0 Å². The summed E-state index contributed by atoms with van der Waals surface area (Å²) in [5.74, 6) is 2.49. The molecule has 1 fully saturated rings. The van der Waals surface area contributed by atoms with Gasteiger partial charge in [-0.2, -0.15) is 0 Å². The first kappa shape index (κ1) is 23.1. The molecule has 2 heterocycles. The van der Waals surface area contributed by atoms with Crippen molar-refractivity contribution in [3.8, 4) is 5.75 Å². The first-order valence-corrected chi connectivity index (χ1v) is 13.2. The summed E-state index contributed by atoms with van der Waals surface area (Å²) in [4.78, 5) is 12.4. The van der Waals surface area contributed by atoms with E-state index in [0.717, 1.165) is 69.5 Å². The highest BCUT2D eigenvalue weighted by atomic mass is 79.9. The Morgan fingerprint density at radius 2 is 1.79 bits per heavy atom. The number of para-hydroxylation sites is 2. The lowest BCUT2D eigenvalue weighted by molar-refractivity contribution is 0.328. The van der Waals surface area contributed by atoms with Gasteiger partial charge in [0.2, 0.25) is 0 Å². The number of likely N-dealkylation sites (tertiary alicyclic amines) is 1. The minimum atomic E-state index is 0.346. The van der Waals surface area contributed by atoms with Crippen LogP contribution in [0.2, 0.25) is 0 Å². The minimum Gasteiger partial charge on any atom is -0.496 e. The average molecular weight is 536 g/mol. The summed E-state index contributed by atoms with van der Waals surface area (Å²) in [5, 5.41) is 4.64. The van der Waals surface area contributed by atoms with Gasteiger partial charge in [-0.3, -0.25) is 4.90 Å². The summed E-state index contributed by atoms with van der Waals surface area (Å²) in [6.45, 7) is 3.05. The molecule has 0 amide bonds. The Balaban J connectivity index is 1.34. The fourth-order valence-corrected chi connectivity index (χ4v) is 5.64. The maximum atomic E-state index is 5.57. The maximum absolute atomic E-state index is 5.57. The smallest absolute Gasteiger partial charge is 0.159 e. The van der Waals surface area contributed by atoms with E-state index in [0.29, 0.717) is 6.04 Å². The van der Waals surface area contributed by atoms with Gasteiger partial charge in [-0.25, -0.2) is 9.97 Å². The van der Waals surface area contributed by atoms with E-state index in [2.05, 4.69) is 62.5 Å². The minimum absolute atomic E-state index is 0.346. The molecule has 1 aliphatic heterocycles. The number of ether oxygens (including phenoxy) is 1. The van der Waals surface area contributed by atoms with E-state index >= 15 is 0 Å². The molecule has 34 heavy (non-hydrogen) atoms. The van der Waals surface area contributed by atoms with Gasteiger partial charge in [-0.05, 0) is 42.3 Å². The fraction of sp³-hybridized carbons (Fsp3) is 0.259. The van der Waals surface area contributed by atoms with E-state index in [1.165, 1.54) is 5.56 Å². The van der Waals surface area contributed by atoms with Gasteiger partial charge in [-0.1, -0.05) is 70.2 Å². The van der Waals surface area contributed by atoms with Crippen molar-refractivity contribution in [3.63, 3.8) is 0 Å². The second-order valence-corrected chi connectivity index (χ2v) is 10.3. The lowest BCUT2D eigenvalue weighted by Gasteiger charge is -2.18. The van der Waals surface area contributed by atoms with Crippen LogP contribution in [-0.2, 0) is 12.3 Å². The van der Waals surface area contributed by atoms with Gasteiger partial charge in [-0.15, -0.1) is 0 Å². The van der Waals surface area contributed by atoms with Crippen LogP contribution in [0.3, 0.4) is 0 Å². The largest absolute Gasteiger partial charge is 0.496 e. The number of halogens is 1. The Morgan fingerprint density at radius 3 is 2.59 bits per heavy atom. The van der Waals surface area contributed by atoms with Crippen LogP contribution < -0.4 is 10.1 Å². The van der Waals surface area contributed by atoms with Crippen molar-refractivity contribution in [3.05, 3.63) is 88.4 Å². The average Bonchev–Trinajstić information content (AvgIpc) is 3.30. The third kappa shape index (κ3) is 5.54. The molecule has 1 unspecified atom stereocenters. The number of nitrogens with one attached hydrogen (secondary N) is 1. The van der Waals surface area contributed by atoms with Crippen LogP contribution in [0.4, 0.5) is 5.82 Å². The molecule has 5 rings (SSSR count). The van der Waals surface area contributed by atoms with Crippen LogP contribution in [-0.4, -0.2) is 41.1 Å². The lowest BCUT2D eigenvalue weighted by atomic mass is 10.2. The van der Waals surface area contributed by atoms with Crippen molar-refractivity contribution in [2.24, 2.45) is 0 Å². The second-order valence-electron chi connectivity index (χ2n) is 8.46. The van der Waals surface area contributed by atoms with Gasteiger partial charge in [0.25, 0.3) is 0 Å². The van der Waals surface area contributed by atoms with E-state index < -0.39 is 0 Å². The summed E-state index contributed by atoms with van der Waals surface area (Å²) in [5.41, 5.74) is 4.30. The predicted octanol–water partition coefficient (Wildman–Crippen LogP) is 6.38. The first-order chi connectivity index (χ1) is 16.7. The zero-order valence-corrected chi connectivity index (χ0v) is 21.5. The Labute approximate surface area is 213 Å². The molecular weight excluding hydrogens is 508 g/mol. The number of methoxy groups -OCH3 is 1. The van der Waals surface area contributed by atoms with Gasteiger partial charge in [0.05, 0.1) is 18.1 Å². The highest BCUT2D eigenvalue weighted by Gasteiger charge is 2.24. The number of aromatic nitrogens is 2. The molecule has 0 spiro atoms. The van der Waals surface area contributed by atoms with Crippen molar-refractivity contribution < 1.29 is 4.74 Å². The topological polar surface area (TPSA) is 50.3 Å². The fourth-order valence-electron chi connectivity index (χ4n) is 4.31. The zero-order chi connectivity index (χ0) is 23.3. The number of fused-ring (bicyclic) bond motifs is 1. The van der Waals surface area contributed by atoms with Crippen molar-refractivity contribution in [2.75, 3.05) is 25.5 Å². The molecule has 7 heteroatoms. The molecule has 0 aliphatic carbocycles. The van der Waals surface area contributed by atoms with Crippen LogP contribution in [0.1, 0.15) is 17.5 Å². The molecule has 5 nitrogen and oxygen atoms in total. The predicted molar refractivity (Wildman–Crippen MR) is 144 cm³/mol. The molecular formula is C27H27BrN4OS. The van der Waals surface area contributed by atoms with Gasteiger partial charge in [0.15, 0.2) is 5.82 Å². The third-order valence-electron chi connectivity index (χ3n) is 6.01. The van der Waals surface area contributed by atoms with Crippen molar-refractivity contribution >= 4 is 44.5 Å². The number of rotatable bonds is 8. The summed E-state index contributed by atoms with van der Waals surface area (Å²) < 4.78 is 6.60. The molecule has 0 saturated carbocycles. The molecule has 1 atom stereocenters. The van der Waals surface area contributed by atoms with Crippen molar-refractivity contribution in [1.82, 2.24) is 14.9 Å². The number of nitrogens with zero attached hydrogens (tertiary/aromatic N) is 3.